The van der Waals surface area contributed by atoms with Crippen LogP contribution in [0.15, 0.2) is 0 Å². The highest BCUT2D eigenvalue weighted by atomic mass is 31.2. The third-order valence-electron chi connectivity index (χ3n) is 1.63. The summed E-state index contributed by atoms with van der Waals surface area (Å²) in [5, 5.41) is 0. The van der Waals surface area contributed by atoms with E-state index in [0.717, 1.165) is 0 Å². The first kappa shape index (κ1) is 11.3. The molecule has 0 bridgehead atoms. The number of hydrogen-bond donors (Lipinski definition) is 1. The minimum atomic E-state index is -1.53. The van der Waals surface area contributed by atoms with Crippen LogP contribution in [0.1, 0.15) is 27.7 Å². The van der Waals surface area contributed by atoms with Crippen molar-refractivity contribution in [2.75, 3.05) is 6.29 Å². The van der Waals surface area contributed by atoms with Crippen molar-refractivity contribution in [3.63, 3.8) is 0 Å². The van der Waals surface area contributed by atoms with Crippen LogP contribution in [-0.4, -0.2) is 23.3 Å². The minimum Gasteiger partial charge on any atom is -0.817 e. The Hall–Kier alpha value is 0.310. The number of nitrogens with zero attached hydrogens (tertiary/aromatic N) is 1. The van der Waals surface area contributed by atoms with Crippen molar-refractivity contribution in [2.45, 2.75) is 39.8 Å². The molecule has 0 saturated carbocycles. The van der Waals surface area contributed by atoms with Gasteiger partial charge in [0.2, 0.25) is 0 Å². The quantitative estimate of drug-likeness (QED) is 0.643. The molecule has 11 heavy (non-hydrogen) atoms. The molecule has 0 spiro atoms. The fourth-order valence-corrected chi connectivity index (χ4v) is 2.06. The first-order valence-electron chi connectivity index (χ1n) is 3.90. The number of rotatable bonds is 4. The maximum absolute atomic E-state index is 10.7. The first-order chi connectivity index (χ1) is 4.95. The fraction of sp³-hybridized carbons (Fsp3) is 1.00. The molecule has 2 N–H and O–H groups in total. The van der Waals surface area contributed by atoms with E-state index in [0.29, 0.717) is 18.4 Å². The molecule has 4 heteroatoms. The van der Waals surface area contributed by atoms with E-state index >= 15 is 0 Å². The molecular formula is C7H18N2OP-. The molecule has 0 saturated heterocycles. The summed E-state index contributed by atoms with van der Waals surface area (Å²) in [6, 6.07) is 0.829. The molecule has 1 unspecified atom stereocenters. The monoisotopic (exact) mass is 177 g/mol. The van der Waals surface area contributed by atoms with Gasteiger partial charge in [-0.1, -0.05) is 0 Å². The Kier molecular flexibility index (Phi) is 5.19. The van der Waals surface area contributed by atoms with Gasteiger partial charge in [-0.25, -0.2) is 0 Å². The predicted octanol–water partition coefficient (Wildman–Crippen LogP) is 0.694. The van der Waals surface area contributed by atoms with E-state index in [1.807, 2.05) is 0 Å². The average Bonchev–Trinajstić information content (AvgIpc) is 1.81. The molecular weight excluding hydrogens is 159 g/mol. The van der Waals surface area contributed by atoms with Gasteiger partial charge in [-0.3, -0.25) is 4.90 Å². The van der Waals surface area contributed by atoms with Crippen molar-refractivity contribution >= 4 is 8.30 Å². The van der Waals surface area contributed by atoms with Crippen LogP contribution >= 0.6 is 8.30 Å². The zero-order valence-corrected chi connectivity index (χ0v) is 8.64. The Morgan fingerprint density at radius 2 is 1.64 bits per heavy atom. The second kappa shape index (κ2) is 5.04. The Bertz CT molecular complexity index is 98.6. The predicted molar refractivity (Wildman–Crippen MR) is 48.1 cm³/mol. The van der Waals surface area contributed by atoms with E-state index in [4.69, 9.17) is 5.50 Å². The Balaban J connectivity index is 3.90. The van der Waals surface area contributed by atoms with Gasteiger partial charge in [0.25, 0.3) is 0 Å². The lowest BCUT2D eigenvalue weighted by Gasteiger charge is -2.34. The summed E-state index contributed by atoms with van der Waals surface area (Å²) in [5.41, 5.74) is 5.24. The second-order valence-corrected chi connectivity index (χ2v) is 4.38. The van der Waals surface area contributed by atoms with Crippen LogP contribution < -0.4 is 10.4 Å². The molecule has 0 aliphatic carbocycles. The number of nitrogens with two attached hydrogens (primary N) is 1. The van der Waals surface area contributed by atoms with Crippen molar-refractivity contribution in [3.8, 4) is 0 Å². The lowest BCUT2D eigenvalue weighted by molar-refractivity contribution is -0.162. The third-order valence-corrected chi connectivity index (χ3v) is 2.23. The number of hydrogen-bond acceptors (Lipinski definition) is 3. The summed E-state index contributed by atoms with van der Waals surface area (Å²) < 4.78 is 0. The van der Waals surface area contributed by atoms with Crippen LogP contribution in [0.25, 0.3) is 0 Å². The molecule has 0 heterocycles. The molecule has 0 aromatic heterocycles. The molecule has 68 valence electrons. The molecule has 0 aromatic carbocycles. The van der Waals surface area contributed by atoms with Gasteiger partial charge in [-0.2, -0.15) is 0 Å². The van der Waals surface area contributed by atoms with E-state index in [1.165, 1.54) is 0 Å². The summed E-state index contributed by atoms with van der Waals surface area (Å²) in [5.74, 6) is 0. The van der Waals surface area contributed by atoms with Crippen molar-refractivity contribution in [3.05, 3.63) is 0 Å². The van der Waals surface area contributed by atoms with Crippen LogP contribution in [0.4, 0.5) is 0 Å². The van der Waals surface area contributed by atoms with Crippen molar-refractivity contribution in [2.24, 2.45) is 5.50 Å². The van der Waals surface area contributed by atoms with Gasteiger partial charge < -0.3 is 10.4 Å². The highest BCUT2D eigenvalue weighted by Crippen LogP contribution is 2.18. The summed E-state index contributed by atoms with van der Waals surface area (Å²) in [4.78, 5) is 12.9. The van der Waals surface area contributed by atoms with E-state index in [2.05, 4.69) is 32.6 Å². The molecule has 0 aromatic rings. The molecule has 3 nitrogen and oxygen atoms in total. The highest BCUT2D eigenvalue weighted by molar-refractivity contribution is 7.47. The van der Waals surface area contributed by atoms with Gasteiger partial charge in [0.05, 0.1) is 0 Å². The van der Waals surface area contributed by atoms with Gasteiger partial charge >= 0.3 is 0 Å². The summed E-state index contributed by atoms with van der Waals surface area (Å²) in [6.07, 6.45) is 0.505. The SMILES string of the molecule is CC(C)N(CP(N)[O-])C(C)C. The molecule has 0 aliphatic rings. The molecule has 0 aliphatic heterocycles. The smallest absolute Gasteiger partial charge is 0.0176 e. The standard InChI is InChI=1S/C7H18N2OP/c1-6(2)9(7(3)4)5-11(8)10/h6-7H,5,8H2,1-4H3/q-1. The van der Waals surface area contributed by atoms with Crippen LogP contribution in [0.5, 0.6) is 0 Å². The second-order valence-electron chi connectivity index (χ2n) is 3.26. The van der Waals surface area contributed by atoms with Gasteiger partial charge in [-0.05, 0) is 27.7 Å². The Morgan fingerprint density at radius 1 is 1.27 bits per heavy atom. The molecule has 0 amide bonds. The van der Waals surface area contributed by atoms with E-state index in [9.17, 15) is 4.89 Å². The molecule has 0 radical (unpaired) electrons. The third kappa shape index (κ3) is 4.70. The lowest BCUT2D eigenvalue weighted by atomic mass is 10.2. The van der Waals surface area contributed by atoms with Crippen LogP contribution in [0.3, 0.4) is 0 Å². The van der Waals surface area contributed by atoms with Gasteiger partial charge in [0.1, 0.15) is 0 Å². The highest BCUT2D eigenvalue weighted by Gasteiger charge is 2.11. The van der Waals surface area contributed by atoms with Crippen LogP contribution in [-0.2, 0) is 0 Å². The average molecular weight is 177 g/mol. The normalized spacial score (nSPS) is 15.0. The van der Waals surface area contributed by atoms with E-state index in [-0.39, 0.29) is 0 Å². The summed E-state index contributed by atoms with van der Waals surface area (Å²) >= 11 is 0. The fourth-order valence-electron chi connectivity index (χ4n) is 1.08. The van der Waals surface area contributed by atoms with Gasteiger partial charge in [0.15, 0.2) is 0 Å². The zero-order valence-electron chi connectivity index (χ0n) is 7.74. The Labute approximate surface area is 70.5 Å². The van der Waals surface area contributed by atoms with Crippen LogP contribution in [0.2, 0.25) is 0 Å². The topological polar surface area (TPSA) is 52.3 Å². The van der Waals surface area contributed by atoms with Crippen LogP contribution in [0, 0.1) is 0 Å². The molecule has 0 rings (SSSR count). The van der Waals surface area contributed by atoms with Gasteiger partial charge in [-0.15, -0.1) is 8.30 Å². The lowest BCUT2D eigenvalue weighted by Crippen LogP contribution is -2.39. The Morgan fingerprint density at radius 3 is 1.73 bits per heavy atom. The molecule has 0 fully saturated rings. The van der Waals surface area contributed by atoms with Crippen molar-refractivity contribution in [1.29, 1.82) is 0 Å². The first-order valence-corrected chi connectivity index (χ1v) is 5.41. The van der Waals surface area contributed by atoms with Gasteiger partial charge in [0, 0.05) is 18.4 Å². The largest absolute Gasteiger partial charge is 0.817 e. The van der Waals surface area contributed by atoms with E-state index in [1.54, 1.807) is 0 Å². The minimum absolute atomic E-state index is 0.414. The zero-order chi connectivity index (χ0) is 9.02. The summed E-state index contributed by atoms with van der Waals surface area (Å²) in [7, 11) is -1.53. The summed E-state index contributed by atoms with van der Waals surface area (Å²) in [6.45, 7) is 8.33. The maximum atomic E-state index is 10.7. The van der Waals surface area contributed by atoms with Crippen molar-refractivity contribution in [1.82, 2.24) is 4.90 Å². The molecule has 1 atom stereocenters. The maximum Gasteiger partial charge on any atom is 0.0176 e. The van der Waals surface area contributed by atoms with E-state index < -0.39 is 8.30 Å². The van der Waals surface area contributed by atoms with Crippen molar-refractivity contribution < 1.29 is 4.89 Å².